The van der Waals surface area contributed by atoms with Crippen molar-refractivity contribution in [1.29, 1.82) is 0 Å². The lowest BCUT2D eigenvalue weighted by Gasteiger charge is -2.09. The summed E-state index contributed by atoms with van der Waals surface area (Å²) in [5.74, 6) is -2.42. The molecule has 23 heavy (non-hydrogen) atoms. The van der Waals surface area contributed by atoms with Gasteiger partial charge in [-0.15, -0.1) is 11.3 Å². The second-order valence-corrected chi connectivity index (χ2v) is 6.79. The minimum atomic E-state index is -0.965. The van der Waals surface area contributed by atoms with E-state index in [1.54, 1.807) is 32.0 Å². The Hall–Kier alpha value is -1.83. The highest BCUT2D eigenvalue weighted by Gasteiger charge is 2.20. The molecule has 3 N–H and O–H groups in total. The Morgan fingerprint density at radius 2 is 1.78 bits per heavy atom. The highest BCUT2D eigenvalue weighted by molar-refractivity contribution is 7.21. The van der Waals surface area contributed by atoms with Gasteiger partial charge in [0, 0.05) is 21.2 Å². The summed E-state index contributed by atoms with van der Waals surface area (Å²) in [6.07, 6.45) is 0. The first kappa shape index (κ1) is 17.5. The number of fused-ring (bicyclic) bond motifs is 1. The molecule has 0 radical (unpaired) electrons. The third-order valence-corrected chi connectivity index (χ3v) is 4.60. The molecule has 2 aromatic rings. The van der Waals surface area contributed by atoms with Gasteiger partial charge in [-0.25, -0.2) is 0 Å². The molecular formula is C14H13Cl2N3O3S. The van der Waals surface area contributed by atoms with Gasteiger partial charge in [0.2, 0.25) is 0 Å². The molecule has 1 heterocycles. The number of nitrogens with one attached hydrogen (secondary N) is 3. The van der Waals surface area contributed by atoms with E-state index in [4.69, 9.17) is 23.2 Å². The lowest BCUT2D eigenvalue weighted by molar-refractivity contribution is -0.139. The van der Waals surface area contributed by atoms with Gasteiger partial charge in [0.15, 0.2) is 0 Å². The van der Waals surface area contributed by atoms with Crippen LogP contribution >= 0.6 is 34.5 Å². The van der Waals surface area contributed by atoms with Crippen molar-refractivity contribution in [2.45, 2.75) is 19.9 Å². The molecule has 1 aromatic carbocycles. The second kappa shape index (κ2) is 7.16. The molecule has 0 saturated carbocycles. The summed E-state index contributed by atoms with van der Waals surface area (Å²) in [5.41, 5.74) is 4.20. The number of hydrogen-bond acceptors (Lipinski definition) is 4. The lowest BCUT2D eigenvalue weighted by atomic mass is 10.2. The van der Waals surface area contributed by atoms with Crippen molar-refractivity contribution in [3.05, 3.63) is 33.1 Å². The molecule has 0 spiro atoms. The summed E-state index contributed by atoms with van der Waals surface area (Å²) in [4.78, 5) is 35.3. The molecule has 0 unspecified atom stereocenters. The Morgan fingerprint density at radius 1 is 1.09 bits per heavy atom. The number of carbonyl (C=O) groups is 3. The van der Waals surface area contributed by atoms with Crippen LogP contribution in [0.2, 0.25) is 10.0 Å². The topological polar surface area (TPSA) is 87.3 Å². The van der Waals surface area contributed by atoms with Crippen LogP contribution in [-0.2, 0) is 9.59 Å². The average Bonchev–Trinajstić information content (AvgIpc) is 2.80. The van der Waals surface area contributed by atoms with E-state index >= 15 is 0 Å². The van der Waals surface area contributed by atoms with Crippen molar-refractivity contribution in [3.63, 3.8) is 0 Å². The summed E-state index contributed by atoms with van der Waals surface area (Å²) in [5, 5.41) is 3.89. The molecule has 0 aliphatic rings. The number of halogens is 2. The van der Waals surface area contributed by atoms with Gasteiger partial charge < -0.3 is 5.32 Å². The molecule has 0 bridgehead atoms. The largest absolute Gasteiger partial charge is 0.346 e. The van der Waals surface area contributed by atoms with E-state index in [2.05, 4.69) is 10.7 Å². The minimum Gasteiger partial charge on any atom is -0.346 e. The van der Waals surface area contributed by atoms with Crippen LogP contribution in [0.15, 0.2) is 18.2 Å². The van der Waals surface area contributed by atoms with Crippen LogP contribution in [0, 0.1) is 0 Å². The molecule has 1 aromatic heterocycles. The molecule has 122 valence electrons. The molecule has 0 aliphatic carbocycles. The SMILES string of the molecule is CC(C)NC(=O)C(=O)NNC(=O)c1sc2cc(Cl)ccc2c1Cl. The number of hydrogen-bond donors (Lipinski definition) is 3. The van der Waals surface area contributed by atoms with Gasteiger partial charge in [0.1, 0.15) is 4.88 Å². The lowest BCUT2D eigenvalue weighted by Crippen LogP contribution is -2.49. The van der Waals surface area contributed by atoms with E-state index in [-0.39, 0.29) is 15.9 Å². The van der Waals surface area contributed by atoms with Gasteiger partial charge >= 0.3 is 11.8 Å². The van der Waals surface area contributed by atoms with Crippen LogP contribution in [0.3, 0.4) is 0 Å². The maximum Gasteiger partial charge on any atom is 0.327 e. The number of carbonyl (C=O) groups excluding carboxylic acids is 3. The number of rotatable bonds is 2. The van der Waals surface area contributed by atoms with Crippen molar-refractivity contribution in [3.8, 4) is 0 Å². The maximum absolute atomic E-state index is 12.1. The molecular weight excluding hydrogens is 361 g/mol. The third-order valence-electron chi connectivity index (χ3n) is 2.71. The van der Waals surface area contributed by atoms with Crippen molar-refractivity contribution in [2.24, 2.45) is 0 Å². The zero-order valence-corrected chi connectivity index (χ0v) is 14.5. The van der Waals surface area contributed by atoms with E-state index in [9.17, 15) is 14.4 Å². The van der Waals surface area contributed by atoms with E-state index in [1.807, 2.05) is 5.43 Å². The van der Waals surface area contributed by atoms with E-state index in [0.29, 0.717) is 10.4 Å². The first-order valence-corrected chi connectivity index (χ1v) is 8.15. The smallest absolute Gasteiger partial charge is 0.327 e. The number of hydrazine groups is 1. The highest BCUT2D eigenvalue weighted by Crippen LogP contribution is 2.36. The Morgan fingerprint density at radius 3 is 2.43 bits per heavy atom. The molecule has 0 fully saturated rings. The standard InChI is InChI=1S/C14H13Cl2N3O3S/c1-6(2)17-13(21)14(22)19-18-12(20)11-10(16)8-4-3-7(15)5-9(8)23-11/h3-6H,1-2H3,(H,17,21)(H,18,20)(H,19,22). The summed E-state index contributed by atoms with van der Waals surface area (Å²) in [6.45, 7) is 3.43. The summed E-state index contributed by atoms with van der Waals surface area (Å²) in [7, 11) is 0. The third kappa shape index (κ3) is 4.13. The zero-order valence-electron chi connectivity index (χ0n) is 12.2. The first-order chi connectivity index (χ1) is 10.8. The number of thiophene rings is 1. The fourth-order valence-corrected chi connectivity index (χ4v) is 3.43. The predicted molar refractivity (Wildman–Crippen MR) is 90.7 cm³/mol. The summed E-state index contributed by atoms with van der Waals surface area (Å²) < 4.78 is 0.747. The maximum atomic E-state index is 12.1. The van der Waals surface area contributed by atoms with Gasteiger partial charge in [0.05, 0.1) is 5.02 Å². The van der Waals surface area contributed by atoms with E-state index in [1.165, 1.54) is 0 Å². The molecule has 9 heteroatoms. The summed E-state index contributed by atoms with van der Waals surface area (Å²) >= 11 is 13.2. The Kier molecular flexibility index (Phi) is 5.46. The second-order valence-electron chi connectivity index (χ2n) is 4.92. The minimum absolute atomic E-state index is 0.189. The van der Waals surface area contributed by atoms with Crippen LogP contribution in [-0.4, -0.2) is 23.8 Å². The molecule has 2 rings (SSSR count). The normalized spacial score (nSPS) is 10.7. The van der Waals surface area contributed by atoms with Crippen molar-refractivity contribution < 1.29 is 14.4 Å². The van der Waals surface area contributed by atoms with Gasteiger partial charge in [-0.3, -0.25) is 25.2 Å². The monoisotopic (exact) mass is 373 g/mol. The highest BCUT2D eigenvalue weighted by atomic mass is 35.5. The average molecular weight is 374 g/mol. The number of amides is 3. The Bertz CT molecular complexity index is 789. The number of benzene rings is 1. The van der Waals surface area contributed by atoms with Crippen LogP contribution in [0.25, 0.3) is 10.1 Å². The van der Waals surface area contributed by atoms with Crippen LogP contribution in [0.1, 0.15) is 23.5 Å². The molecule has 0 aliphatic heterocycles. The molecule has 0 saturated heterocycles. The Balaban J connectivity index is 2.08. The van der Waals surface area contributed by atoms with Gasteiger partial charge in [0.25, 0.3) is 5.91 Å². The summed E-state index contributed by atoms with van der Waals surface area (Å²) in [6, 6.07) is 4.88. The molecule has 3 amide bonds. The quantitative estimate of drug-likeness (QED) is 0.558. The fraction of sp³-hybridized carbons (Fsp3) is 0.214. The van der Waals surface area contributed by atoms with Crippen molar-refractivity contribution in [2.75, 3.05) is 0 Å². The molecule has 0 atom stereocenters. The van der Waals surface area contributed by atoms with Crippen molar-refractivity contribution >= 4 is 62.3 Å². The fourth-order valence-electron chi connectivity index (χ4n) is 1.74. The van der Waals surface area contributed by atoms with Crippen molar-refractivity contribution in [1.82, 2.24) is 16.2 Å². The van der Waals surface area contributed by atoms with Gasteiger partial charge in [-0.05, 0) is 26.0 Å². The van der Waals surface area contributed by atoms with Crippen LogP contribution in [0.5, 0.6) is 0 Å². The Labute approximate surface area is 146 Å². The van der Waals surface area contributed by atoms with Crippen LogP contribution in [0.4, 0.5) is 0 Å². The van der Waals surface area contributed by atoms with Gasteiger partial charge in [-0.2, -0.15) is 0 Å². The first-order valence-electron chi connectivity index (χ1n) is 6.58. The van der Waals surface area contributed by atoms with E-state index in [0.717, 1.165) is 16.0 Å². The molecule has 6 nitrogen and oxygen atoms in total. The zero-order chi connectivity index (χ0) is 17.1. The predicted octanol–water partition coefficient (Wildman–Crippen LogP) is 2.49. The van der Waals surface area contributed by atoms with Crippen LogP contribution < -0.4 is 16.2 Å². The van der Waals surface area contributed by atoms with E-state index < -0.39 is 17.7 Å². The van der Waals surface area contributed by atoms with Gasteiger partial charge in [-0.1, -0.05) is 29.3 Å².